The first-order chi connectivity index (χ1) is 14.7. The lowest BCUT2D eigenvalue weighted by Crippen LogP contribution is -2.44. The van der Waals surface area contributed by atoms with Crippen LogP contribution in [0, 0.1) is 5.41 Å². The number of ether oxygens (including phenoxy) is 2. The first-order valence-electron chi connectivity index (χ1n) is 11.1. The third-order valence-electron chi connectivity index (χ3n) is 6.65. The van der Waals surface area contributed by atoms with Gasteiger partial charge in [0.05, 0.1) is 13.2 Å². The van der Waals surface area contributed by atoms with Crippen LogP contribution in [-0.4, -0.2) is 59.5 Å². The Morgan fingerprint density at radius 3 is 2.47 bits per heavy atom. The van der Waals surface area contributed by atoms with Crippen LogP contribution in [0.5, 0.6) is 5.75 Å². The van der Waals surface area contributed by atoms with Crippen molar-refractivity contribution in [3.8, 4) is 17.1 Å². The molecule has 2 aliphatic rings. The molecule has 2 aliphatic heterocycles. The smallest absolute Gasteiger partial charge is 0.159 e. The fourth-order valence-corrected chi connectivity index (χ4v) is 4.65. The summed E-state index contributed by atoms with van der Waals surface area (Å²) in [4.78, 5) is 11.6. The Balaban J connectivity index is 1.30. The SMILES string of the molecule is COc1ccc(-c2ncc(CN3CCC(CO)(CC4CCCCO4)CC3)cn2)cc1. The highest BCUT2D eigenvalue weighted by atomic mass is 16.5. The van der Waals surface area contributed by atoms with Crippen LogP contribution in [0.2, 0.25) is 0 Å². The minimum Gasteiger partial charge on any atom is -0.497 e. The highest BCUT2D eigenvalue weighted by Crippen LogP contribution is 2.38. The molecule has 6 nitrogen and oxygen atoms in total. The van der Waals surface area contributed by atoms with Crippen molar-refractivity contribution < 1.29 is 14.6 Å². The first-order valence-corrected chi connectivity index (χ1v) is 11.1. The predicted octanol–water partition coefficient (Wildman–Crippen LogP) is 3.69. The van der Waals surface area contributed by atoms with E-state index in [4.69, 9.17) is 9.47 Å². The zero-order chi connectivity index (χ0) is 20.8. The van der Waals surface area contributed by atoms with Crippen LogP contribution in [0.15, 0.2) is 36.7 Å². The van der Waals surface area contributed by atoms with Crippen molar-refractivity contribution >= 4 is 0 Å². The molecular formula is C24H33N3O3. The summed E-state index contributed by atoms with van der Waals surface area (Å²) in [6.07, 6.45) is 10.8. The van der Waals surface area contributed by atoms with Gasteiger partial charge in [-0.1, -0.05) is 0 Å². The fourth-order valence-electron chi connectivity index (χ4n) is 4.65. The molecule has 0 amide bonds. The first kappa shape index (κ1) is 21.2. The molecule has 0 saturated carbocycles. The van der Waals surface area contributed by atoms with Gasteiger partial charge in [-0.25, -0.2) is 9.97 Å². The zero-order valence-electron chi connectivity index (χ0n) is 17.9. The predicted molar refractivity (Wildman–Crippen MR) is 116 cm³/mol. The Morgan fingerprint density at radius 2 is 1.87 bits per heavy atom. The second-order valence-corrected chi connectivity index (χ2v) is 8.77. The Labute approximate surface area is 179 Å². The molecule has 0 bridgehead atoms. The number of hydrogen-bond acceptors (Lipinski definition) is 6. The molecule has 1 N–H and O–H groups in total. The summed E-state index contributed by atoms with van der Waals surface area (Å²) in [5.74, 6) is 1.56. The average molecular weight is 412 g/mol. The van der Waals surface area contributed by atoms with E-state index in [1.54, 1.807) is 7.11 Å². The van der Waals surface area contributed by atoms with E-state index < -0.39 is 0 Å². The Morgan fingerprint density at radius 1 is 1.13 bits per heavy atom. The number of methoxy groups -OCH3 is 1. The lowest BCUT2D eigenvalue weighted by atomic mass is 9.74. The van der Waals surface area contributed by atoms with Gasteiger partial charge in [-0.05, 0) is 81.3 Å². The number of aliphatic hydroxyl groups is 1. The lowest BCUT2D eigenvalue weighted by molar-refractivity contribution is -0.0486. The van der Waals surface area contributed by atoms with E-state index in [1.165, 1.54) is 12.8 Å². The summed E-state index contributed by atoms with van der Waals surface area (Å²) in [5.41, 5.74) is 2.13. The van der Waals surface area contributed by atoms with Gasteiger partial charge in [0.1, 0.15) is 5.75 Å². The van der Waals surface area contributed by atoms with Gasteiger partial charge >= 0.3 is 0 Å². The van der Waals surface area contributed by atoms with Gasteiger partial charge in [0.2, 0.25) is 0 Å². The molecule has 1 atom stereocenters. The van der Waals surface area contributed by atoms with Crippen LogP contribution in [0.25, 0.3) is 11.4 Å². The highest BCUT2D eigenvalue weighted by molar-refractivity contribution is 5.55. The van der Waals surface area contributed by atoms with E-state index in [0.29, 0.717) is 6.10 Å². The third kappa shape index (κ3) is 5.17. The van der Waals surface area contributed by atoms with Crippen LogP contribution < -0.4 is 4.74 Å². The molecular weight excluding hydrogens is 378 g/mol. The van der Waals surface area contributed by atoms with E-state index in [9.17, 15) is 5.11 Å². The Hall–Kier alpha value is -2.02. The van der Waals surface area contributed by atoms with E-state index in [2.05, 4.69) is 14.9 Å². The van der Waals surface area contributed by atoms with Crippen LogP contribution in [-0.2, 0) is 11.3 Å². The molecule has 0 spiro atoms. The normalized spacial score (nSPS) is 22.0. The quantitative estimate of drug-likeness (QED) is 0.750. The molecule has 30 heavy (non-hydrogen) atoms. The second kappa shape index (κ2) is 9.86. The van der Waals surface area contributed by atoms with Gasteiger partial charge in [-0.3, -0.25) is 4.90 Å². The van der Waals surface area contributed by atoms with Crippen molar-refractivity contribution in [2.75, 3.05) is 33.4 Å². The largest absolute Gasteiger partial charge is 0.497 e. The molecule has 0 radical (unpaired) electrons. The molecule has 1 aromatic carbocycles. The van der Waals surface area contributed by atoms with Gasteiger partial charge < -0.3 is 14.6 Å². The summed E-state index contributed by atoms with van der Waals surface area (Å²) in [7, 11) is 1.66. The van der Waals surface area contributed by atoms with E-state index in [-0.39, 0.29) is 12.0 Å². The lowest BCUT2D eigenvalue weighted by Gasteiger charge is -2.43. The molecule has 6 heteroatoms. The average Bonchev–Trinajstić information content (AvgIpc) is 2.82. The molecule has 2 fully saturated rings. The number of aliphatic hydroxyl groups excluding tert-OH is 1. The maximum absolute atomic E-state index is 10.1. The number of likely N-dealkylation sites (tertiary alicyclic amines) is 1. The third-order valence-corrected chi connectivity index (χ3v) is 6.65. The van der Waals surface area contributed by atoms with E-state index >= 15 is 0 Å². The minimum atomic E-state index is 0.0211. The monoisotopic (exact) mass is 411 g/mol. The van der Waals surface area contributed by atoms with Crippen molar-refractivity contribution in [3.05, 3.63) is 42.2 Å². The molecule has 1 aromatic heterocycles. The number of benzene rings is 1. The second-order valence-electron chi connectivity index (χ2n) is 8.77. The summed E-state index contributed by atoms with van der Waals surface area (Å²) in [5, 5.41) is 10.1. The molecule has 2 aromatic rings. The molecule has 4 rings (SSSR count). The number of aromatic nitrogens is 2. The van der Waals surface area contributed by atoms with Crippen LogP contribution in [0.1, 0.15) is 44.1 Å². The van der Waals surface area contributed by atoms with Gasteiger partial charge in [-0.15, -0.1) is 0 Å². The standard InChI is InChI=1S/C24H33N3O3/c1-29-21-7-5-20(6-8-21)23-25-15-19(16-26-23)17-27-11-9-24(18-28,10-12-27)14-22-4-2-3-13-30-22/h5-8,15-16,22,28H,2-4,9-14,17-18H2,1H3. The van der Waals surface area contributed by atoms with Crippen molar-refractivity contribution in [3.63, 3.8) is 0 Å². The van der Waals surface area contributed by atoms with E-state index in [1.807, 2.05) is 36.7 Å². The maximum atomic E-state index is 10.1. The maximum Gasteiger partial charge on any atom is 0.159 e. The number of nitrogens with zero attached hydrogens (tertiary/aromatic N) is 3. The minimum absolute atomic E-state index is 0.0211. The van der Waals surface area contributed by atoms with Gasteiger partial charge in [-0.2, -0.15) is 0 Å². The van der Waals surface area contributed by atoms with Crippen LogP contribution >= 0.6 is 0 Å². The summed E-state index contributed by atoms with van der Waals surface area (Å²) < 4.78 is 11.1. The molecule has 0 aliphatic carbocycles. The highest BCUT2D eigenvalue weighted by Gasteiger charge is 2.36. The summed E-state index contributed by atoms with van der Waals surface area (Å²) >= 11 is 0. The molecule has 162 valence electrons. The molecule has 1 unspecified atom stereocenters. The molecule has 3 heterocycles. The van der Waals surface area contributed by atoms with Gasteiger partial charge in [0.25, 0.3) is 0 Å². The summed E-state index contributed by atoms with van der Waals surface area (Å²) in [6, 6.07) is 7.80. The zero-order valence-corrected chi connectivity index (χ0v) is 17.9. The van der Waals surface area contributed by atoms with Crippen molar-refractivity contribution in [1.82, 2.24) is 14.9 Å². The topological polar surface area (TPSA) is 67.7 Å². The van der Waals surface area contributed by atoms with Gasteiger partial charge in [0, 0.05) is 43.3 Å². The number of rotatable bonds is 7. The Bertz CT molecular complexity index is 780. The van der Waals surface area contributed by atoms with Crippen LogP contribution in [0.4, 0.5) is 0 Å². The van der Waals surface area contributed by atoms with Crippen LogP contribution in [0.3, 0.4) is 0 Å². The Kier molecular flexibility index (Phi) is 6.97. The number of piperidine rings is 1. The van der Waals surface area contributed by atoms with Crippen molar-refractivity contribution in [1.29, 1.82) is 0 Å². The fraction of sp³-hybridized carbons (Fsp3) is 0.583. The van der Waals surface area contributed by atoms with Gasteiger partial charge in [0.15, 0.2) is 5.82 Å². The van der Waals surface area contributed by atoms with Crippen molar-refractivity contribution in [2.45, 2.75) is 51.2 Å². The summed E-state index contributed by atoms with van der Waals surface area (Å²) in [6.45, 7) is 3.98. The number of hydrogen-bond donors (Lipinski definition) is 1. The molecule has 2 saturated heterocycles. The van der Waals surface area contributed by atoms with E-state index in [0.717, 1.165) is 74.6 Å². The van der Waals surface area contributed by atoms with Crippen molar-refractivity contribution in [2.24, 2.45) is 5.41 Å².